The van der Waals surface area contributed by atoms with Crippen molar-refractivity contribution in [3.05, 3.63) is 27.3 Å². The number of halogens is 4. The molecule has 0 aliphatic heterocycles. The molecule has 88 valence electrons. The highest BCUT2D eigenvalue weighted by atomic mass is 127. The Balaban J connectivity index is 3.02. The average Bonchev–Trinajstić information content (AvgIpc) is 2.19. The molecule has 0 N–H and O–H groups in total. The highest BCUT2D eigenvalue weighted by molar-refractivity contribution is 14.1. The van der Waals surface area contributed by atoms with E-state index in [9.17, 15) is 13.6 Å². The Morgan fingerprint density at radius 3 is 2.62 bits per heavy atom. The maximum atomic E-state index is 12.1. The van der Waals surface area contributed by atoms with E-state index in [0.29, 0.717) is 9.13 Å². The summed E-state index contributed by atoms with van der Waals surface area (Å²) in [5.41, 5.74) is 0.348. The van der Waals surface area contributed by atoms with Gasteiger partial charge in [-0.05, 0) is 41.6 Å². The number of alkyl halides is 3. The van der Waals surface area contributed by atoms with Crippen LogP contribution in [0.3, 0.4) is 0 Å². The van der Waals surface area contributed by atoms with Crippen LogP contribution in [-0.4, -0.2) is 17.2 Å². The van der Waals surface area contributed by atoms with Crippen LogP contribution in [0.15, 0.2) is 18.2 Å². The summed E-state index contributed by atoms with van der Waals surface area (Å²) < 4.78 is 29.0. The van der Waals surface area contributed by atoms with Gasteiger partial charge in [-0.3, -0.25) is 4.79 Å². The smallest absolute Gasteiger partial charge is 0.387 e. The zero-order valence-electron chi connectivity index (χ0n) is 8.22. The molecule has 0 aliphatic rings. The Morgan fingerprint density at radius 2 is 2.12 bits per heavy atom. The molecule has 0 heterocycles. The minimum Gasteiger partial charge on any atom is -0.434 e. The molecule has 1 aromatic carbocycles. The minimum atomic E-state index is -2.89. The monoisotopic (exact) mass is 404 g/mol. The fourth-order valence-corrected chi connectivity index (χ4v) is 1.80. The van der Waals surface area contributed by atoms with Crippen LogP contribution in [0.25, 0.3) is 0 Å². The number of carbonyl (C=O) groups is 1. The summed E-state index contributed by atoms with van der Waals surface area (Å²) >= 11 is 5.00. The summed E-state index contributed by atoms with van der Waals surface area (Å²) in [5, 5.41) is 0. The molecule has 1 aromatic rings. The van der Waals surface area contributed by atoms with E-state index in [1.165, 1.54) is 6.07 Å². The molecule has 0 aliphatic carbocycles. The number of carbonyl (C=O) groups excluding carboxylic acids is 1. The highest BCUT2D eigenvalue weighted by Gasteiger charge is 2.15. The molecule has 16 heavy (non-hydrogen) atoms. The largest absolute Gasteiger partial charge is 0.434 e. The van der Waals surface area contributed by atoms with E-state index < -0.39 is 6.61 Å². The summed E-state index contributed by atoms with van der Waals surface area (Å²) in [5.74, 6) is -0.148. The van der Waals surface area contributed by atoms with Gasteiger partial charge in [0.05, 0.1) is 8.40 Å². The number of rotatable bonds is 4. The first kappa shape index (κ1) is 13.8. The lowest BCUT2D eigenvalue weighted by Gasteiger charge is -2.09. The van der Waals surface area contributed by atoms with Gasteiger partial charge in [0.1, 0.15) is 5.75 Å². The number of Topliss-reactive ketones (excluding diaryl/α,β-unsaturated/α-hetero) is 1. The zero-order valence-corrected chi connectivity index (χ0v) is 12.0. The molecule has 0 amide bonds. The second kappa shape index (κ2) is 5.90. The Kier molecular flexibility index (Phi) is 5.10. The van der Waals surface area contributed by atoms with Crippen molar-refractivity contribution in [2.45, 2.75) is 18.4 Å². The summed E-state index contributed by atoms with van der Waals surface area (Å²) in [6, 6.07) is 4.48. The number of ether oxygens (including phenoxy) is 1. The van der Waals surface area contributed by atoms with Crippen molar-refractivity contribution < 1.29 is 18.3 Å². The molecule has 6 heteroatoms. The first-order valence-corrected chi connectivity index (χ1v) is 6.34. The van der Waals surface area contributed by atoms with Gasteiger partial charge >= 0.3 is 6.61 Å². The Labute approximate surface area is 114 Å². The van der Waals surface area contributed by atoms with Gasteiger partial charge in [0.25, 0.3) is 0 Å². The van der Waals surface area contributed by atoms with Crippen LogP contribution in [0.2, 0.25) is 0 Å². The van der Waals surface area contributed by atoms with E-state index in [1.807, 2.05) is 22.6 Å². The molecule has 2 nitrogen and oxygen atoms in total. The summed E-state index contributed by atoms with van der Waals surface area (Å²) in [7, 11) is 0. The van der Waals surface area contributed by atoms with Crippen molar-refractivity contribution in [1.82, 2.24) is 0 Å². The normalized spacial score (nSPS) is 12.6. The molecule has 0 bridgehead atoms. The Hall–Kier alpha value is -0.240. The van der Waals surface area contributed by atoms with E-state index in [-0.39, 0.29) is 16.4 Å². The molecular formula is C10H8BrF2IO2. The van der Waals surface area contributed by atoms with Gasteiger partial charge < -0.3 is 4.74 Å². The van der Waals surface area contributed by atoms with Gasteiger partial charge in [0.2, 0.25) is 0 Å². The second-order valence-electron chi connectivity index (χ2n) is 3.00. The van der Waals surface area contributed by atoms with Crippen molar-refractivity contribution in [3.63, 3.8) is 0 Å². The van der Waals surface area contributed by atoms with Gasteiger partial charge in [0, 0.05) is 5.56 Å². The van der Waals surface area contributed by atoms with E-state index in [2.05, 4.69) is 20.7 Å². The van der Waals surface area contributed by atoms with Crippen LogP contribution < -0.4 is 4.74 Å². The quantitative estimate of drug-likeness (QED) is 0.432. The van der Waals surface area contributed by atoms with Crippen LogP contribution in [0.4, 0.5) is 8.78 Å². The highest BCUT2D eigenvalue weighted by Crippen LogP contribution is 2.25. The standard InChI is InChI=1S/C10H8BrF2IO2/c1-5(11)9(15)6-2-3-7(14)8(4-6)16-10(12)13/h2-5,10H,1H3. The Morgan fingerprint density at radius 1 is 1.50 bits per heavy atom. The van der Waals surface area contributed by atoms with Crippen LogP contribution >= 0.6 is 38.5 Å². The van der Waals surface area contributed by atoms with E-state index in [0.717, 1.165) is 0 Å². The Bertz CT molecular complexity index is 396. The first-order valence-electron chi connectivity index (χ1n) is 4.34. The lowest BCUT2D eigenvalue weighted by Crippen LogP contribution is -2.11. The average molecular weight is 405 g/mol. The molecule has 1 atom stereocenters. The zero-order chi connectivity index (χ0) is 12.3. The van der Waals surface area contributed by atoms with Crippen molar-refractivity contribution in [3.8, 4) is 5.75 Å². The van der Waals surface area contributed by atoms with Crippen molar-refractivity contribution in [1.29, 1.82) is 0 Å². The molecule has 0 aromatic heterocycles. The predicted molar refractivity (Wildman–Crippen MR) is 68.5 cm³/mol. The summed E-state index contributed by atoms with van der Waals surface area (Å²) in [4.78, 5) is 11.2. The van der Waals surface area contributed by atoms with Crippen molar-refractivity contribution in [2.24, 2.45) is 0 Å². The molecule has 0 saturated carbocycles. The number of benzene rings is 1. The number of hydrogen-bond acceptors (Lipinski definition) is 2. The lowest BCUT2D eigenvalue weighted by molar-refractivity contribution is -0.0504. The van der Waals surface area contributed by atoms with Gasteiger partial charge in [-0.25, -0.2) is 0 Å². The second-order valence-corrected chi connectivity index (χ2v) is 5.54. The number of ketones is 1. The fraction of sp³-hybridized carbons (Fsp3) is 0.300. The van der Waals surface area contributed by atoms with E-state index >= 15 is 0 Å². The SMILES string of the molecule is CC(Br)C(=O)c1ccc(I)c(OC(F)F)c1. The van der Waals surface area contributed by atoms with Crippen molar-refractivity contribution >= 4 is 44.3 Å². The molecule has 0 fully saturated rings. The van der Waals surface area contributed by atoms with Crippen LogP contribution in [-0.2, 0) is 0 Å². The number of hydrogen-bond donors (Lipinski definition) is 0. The third-order valence-corrected chi connectivity index (χ3v) is 3.10. The summed E-state index contributed by atoms with van der Waals surface area (Å²) in [6.45, 7) is -1.21. The molecule has 0 spiro atoms. The van der Waals surface area contributed by atoms with Crippen LogP contribution in [0.5, 0.6) is 5.75 Å². The van der Waals surface area contributed by atoms with Gasteiger partial charge in [-0.2, -0.15) is 8.78 Å². The maximum Gasteiger partial charge on any atom is 0.387 e. The summed E-state index contributed by atoms with van der Waals surface area (Å²) in [6.07, 6.45) is 0. The third-order valence-electron chi connectivity index (χ3n) is 1.79. The minimum absolute atomic E-state index is 0.0228. The van der Waals surface area contributed by atoms with Crippen molar-refractivity contribution in [2.75, 3.05) is 0 Å². The van der Waals surface area contributed by atoms with E-state index in [1.54, 1.807) is 19.1 Å². The third kappa shape index (κ3) is 3.65. The lowest BCUT2D eigenvalue weighted by atomic mass is 10.1. The molecular weight excluding hydrogens is 397 g/mol. The topological polar surface area (TPSA) is 26.3 Å². The molecule has 1 unspecified atom stereocenters. The molecule has 0 radical (unpaired) electrons. The van der Waals surface area contributed by atoms with E-state index in [4.69, 9.17) is 0 Å². The molecule has 1 rings (SSSR count). The van der Waals surface area contributed by atoms with Gasteiger partial charge in [-0.15, -0.1) is 0 Å². The maximum absolute atomic E-state index is 12.1. The first-order chi connectivity index (χ1) is 7.41. The molecule has 0 saturated heterocycles. The van der Waals surface area contributed by atoms with Gasteiger partial charge in [0.15, 0.2) is 5.78 Å². The predicted octanol–water partition coefficient (Wildman–Crippen LogP) is 3.86. The van der Waals surface area contributed by atoms with Crippen LogP contribution in [0, 0.1) is 3.57 Å². The van der Waals surface area contributed by atoms with Gasteiger partial charge in [-0.1, -0.05) is 22.0 Å². The van der Waals surface area contributed by atoms with Crippen LogP contribution in [0.1, 0.15) is 17.3 Å². The fourth-order valence-electron chi connectivity index (χ4n) is 1.07.